The Morgan fingerprint density at radius 1 is 0.500 bits per heavy atom. The second-order valence-corrected chi connectivity index (χ2v) is 12.3. The van der Waals surface area contributed by atoms with Crippen LogP contribution in [-0.4, -0.2) is 49.6 Å². The fraction of sp³-hybridized carbons (Fsp3) is 0.944. The molecule has 0 bridgehead atoms. The minimum absolute atomic E-state index is 0.0177. The average Bonchev–Trinajstić information content (AvgIpc) is 2.97. The monoisotopic (exact) mass is 599 g/mol. The molecule has 0 fully saturated rings. The minimum Gasteiger partial charge on any atom is -0.481 e. The Balaban J connectivity index is 3.94. The van der Waals surface area contributed by atoms with Crippen molar-refractivity contribution < 1.29 is 28.9 Å². The van der Waals surface area contributed by atoms with Crippen molar-refractivity contribution in [2.24, 2.45) is 0 Å². The number of ether oxygens (including phenoxy) is 3. The molecule has 0 amide bonds. The van der Waals surface area contributed by atoms with Crippen molar-refractivity contribution in [2.75, 3.05) is 26.4 Å². The molecule has 0 aliphatic heterocycles. The molecule has 0 radical (unpaired) electrons. The molecule has 1 unspecified atom stereocenters. The van der Waals surface area contributed by atoms with Crippen molar-refractivity contribution in [3.63, 3.8) is 0 Å². The quantitative estimate of drug-likeness (QED) is 0.0577. The lowest BCUT2D eigenvalue weighted by Gasteiger charge is -2.18. The molecule has 6 heteroatoms. The average molecular weight is 599 g/mol. The third-order valence-corrected chi connectivity index (χ3v) is 8.00. The van der Waals surface area contributed by atoms with Gasteiger partial charge in [-0.1, -0.05) is 155 Å². The SMILES string of the molecule is CCCCCCCCCCCCCCOCC(COC(=O)CCCC(=O)O)OCCCCCCCCCCCCCC. The van der Waals surface area contributed by atoms with Gasteiger partial charge in [-0.3, -0.25) is 9.59 Å². The lowest BCUT2D eigenvalue weighted by atomic mass is 10.1. The summed E-state index contributed by atoms with van der Waals surface area (Å²) in [6, 6.07) is 0. The van der Waals surface area contributed by atoms with E-state index in [0.29, 0.717) is 26.2 Å². The van der Waals surface area contributed by atoms with E-state index in [1.54, 1.807) is 0 Å². The highest BCUT2D eigenvalue weighted by molar-refractivity contribution is 5.71. The summed E-state index contributed by atoms with van der Waals surface area (Å²) >= 11 is 0. The van der Waals surface area contributed by atoms with E-state index in [0.717, 1.165) is 19.3 Å². The first kappa shape index (κ1) is 40.9. The standard InChI is InChI=1S/C36H70O6/c1-3-5-7-9-11-13-15-17-19-21-23-25-30-40-32-34(33-42-36(39)29-27-28-35(37)38)41-31-26-24-22-20-18-16-14-12-10-8-6-4-2/h34H,3-33H2,1-2H3,(H,37,38). The number of rotatable bonds is 35. The van der Waals surface area contributed by atoms with Crippen molar-refractivity contribution in [3.8, 4) is 0 Å². The van der Waals surface area contributed by atoms with Crippen molar-refractivity contribution in [3.05, 3.63) is 0 Å². The van der Waals surface area contributed by atoms with E-state index >= 15 is 0 Å². The predicted molar refractivity (Wildman–Crippen MR) is 175 cm³/mol. The number of carbonyl (C=O) groups excluding carboxylic acids is 1. The molecule has 0 aliphatic carbocycles. The molecule has 0 heterocycles. The Bertz CT molecular complexity index is 567. The summed E-state index contributed by atoms with van der Waals surface area (Å²) in [6.45, 7) is 6.50. The zero-order chi connectivity index (χ0) is 30.8. The van der Waals surface area contributed by atoms with E-state index < -0.39 is 5.97 Å². The van der Waals surface area contributed by atoms with Crippen LogP contribution in [-0.2, 0) is 23.8 Å². The van der Waals surface area contributed by atoms with Crippen LogP contribution in [0.3, 0.4) is 0 Å². The number of carboxylic acids is 1. The van der Waals surface area contributed by atoms with Gasteiger partial charge in [0.05, 0.1) is 6.61 Å². The number of hydrogen-bond donors (Lipinski definition) is 1. The van der Waals surface area contributed by atoms with E-state index in [2.05, 4.69) is 13.8 Å². The Morgan fingerprint density at radius 2 is 0.905 bits per heavy atom. The number of hydrogen-bond acceptors (Lipinski definition) is 5. The molecule has 6 nitrogen and oxygen atoms in total. The highest BCUT2D eigenvalue weighted by Gasteiger charge is 2.14. The number of aliphatic carboxylic acids is 1. The highest BCUT2D eigenvalue weighted by Crippen LogP contribution is 2.14. The van der Waals surface area contributed by atoms with E-state index in [4.69, 9.17) is 19.3 Å². The molecular formula is C36H70O6. The molecule has 0 aromatic carbocycles. The molecule has 0 aliphatic rings. The maximum Gasteiger partial charge on any atom is 0.305 e. The summed E-state index contributed by atoms with van der Waals surface area (Å²) in [7, 11) is 0. The van der Waals surface area contributed by atoms with Gasteiger partial charge in [-0.2, -0.15) is 0 Å². The number of esters is 1. The van der Waals surface area contributed by atoms with Crippen LogP contribution in [0, 0.1) is 0 Å². The van der Waals surface area contributed by atoms with E-state index in [1.165, 1.54) is 135 Å². The molecule has 0 saturated carbocycles. The van der Waals surface area contributed by atoms with Gasteiger partial charge in [0.2, 0.25) is 0 Å². The van der Waals surface area contributed by atoms with Crippen LogP contribution in [0.15, 0.2) is 0 Å². The Labute approximate surface area is 260 Å². The molecule has 0 saturated heterocycles. The van der Waals surface area contributed by atoms with E-state index in [-0.39, 0.29) is 31.5 Å². The lowest BCUT2D eigenvalue weighted by molar-refractivity contribution is -0.150. The van der Waals surface area contributed by atoms with Gasteiger partial charge in [-0.05, 0) is 19.3 Å². The molecule has 0 rings (SSSR count). The van der Waals surface area contributed by atoms with Crippen molar-refractivity contribution in [1.82, 2.24) is 0 Å². The Morgan fingerprint density at radius 3 is 1.33 bits per heavy atom. The van der Waals surface area contributed by atoms with Crippen LogP contribution in [0.25, 0.3) is 0 Å². The third kappa shape index (κ3) is 33.4. The van der Waals surface area contributed by atoms with Crippen LogP contribution in [0.5, 0.6) is 0 Å². The molecule has 0 aromatic rings. The van der Waals surface area contributed by atoms with Gasteiger partial charge in [0, 0.05) is 26.1 Å². The summed E-state index contributed by atoms with van der Waals surface area (Å²) in [5.41, 5.74) is 0. The summed E-state index contributed by atoms with van der Waals surface area (Å²) < 4.78 is 17.3. The number of unbranched alkanes of at least 4 members (excludes halogenated alkanes) is 22. The van der Waals surface area contributed by atoms with Crippen molar-refractivity contribution in [2.45, 2.75) is 193 Å². The normalized spacial score (nSPS) is 12.0. The van der Waals surface area contributed by atoms with Crippen molar-refractivity contribution >= 4 is 11.9 Å². The van der Waals surface area contributed by atoms with Crippen LogP contribution >= 0.6 is 0 Å². The van der Waals surface area contributed by atoms with Gasteiger partial charge >= 0.3 is 11.9 Å². The summed E-state index contributed by atoms with van der Waals surface area (Å²) in [4.78, 5) is 22.7. The van der Waals surface area contributed by atoms with Gasteiger partial charge < -0.3 is 19.3 Å². The smallest absolute Gasteiger partial charge is 0.305 e. The summed E-state index contributed by atoms with van der Waals surface area (Å²) in [5, 5.41) is 8.76. The summed E-state index contributed by atoms with van der Waals surface area (Å²) in [5.74, 6) is -1.26. The van der Waals surface area contributed by atoms with E-state index in [9.17, 15) is 9.59 Å². The van der Waals surface area contributed by atoms with Crippen LogP contribution in [0.4, 0.5) is 0 Å². The van der Waals surface area contributed by atoms with Crippen LogP contribution in [0.1, 0.15) is 187 Å². The number of carbonyl (C=O) groups is 2. The summed E-state index contributed by atoms with van der Waals surface area (Å²) in [6.07, 6.45) is 31.7. The Hall–Kier alpha value is -1.14. The van der Waals surface area contributed by atoms with Gasteiger partial charge in [-0.15, -0.1) is 0 Å². The molecule has 42 heavy (non-hydrogen) atoms. The van der Waals surface area contributed by atoms with Gasteiger partial charge in [-0.25, -0.2) is 0 Å². The molecule has 1 N–H and O–H groups in total. The van der Waals surface area contributed by atoms with Gasteiger partial charge in [0.15, 0.2) is 0 Å². The molecule has 250 valence electrons. The highest BCUT2D eigenvalue weighted by atomic mass is 16.6. The second-order valence-electron chi connectivity index (χ2n) is 12.3. The first-order valence-electron chi connectivity index (χ1n) is 18.2. The lowest BCUT2D eigenvalue weighted by Crippen LogP contribution is -2.28. The zero-order valence-corrected chi connectivity index (χ0v) is 28.0. The second kappa shape index (κ2) is 34.4. The van der Waals surface area contributed by atoms with Crippen LogP contribution < -0.4 is 0 Å². The maximum atomic E-state index is 12.0. The molecule has 0 spiro atoms. The molecule has 1 atom stereocenters. The Kier molecular flexibility index (Phi) is 33.4. The largest absolute Gasteiger partial charge is 0.481 e. The fourth-order valence-electron chi connectivity index (χ4n) is 5.24. The van der Waals surface area contributed by atoms with Crippen LogP contribution in [0.2, 0.25) is 0 Å². The minimum atomic E-state index is -0.891. The zero-order valence-electron chi connectivity index (χ0n) is 28.0. The van der Waals surface area contributed by atoms with E-state index in [1.807, 2.05) is 0 Å². The predicted octanol–water partition coefficient (Wildman–Crippen LogP) is 10.6. The topological polar surface area (TPSA) is 82.1 Å². The fourth-order valence-corrected chi connectivity index (χ4v) is 5.24. The first-order chi connectivity index (χ1) is 20.6. The van der Waals surface area contributed by atoms with Gasteiger partial charge in [0.1, 0.15) is 12.7 Å². The number of carboxylic acid groups (broad SMARTS) is 1. The van der Waals surface area contributed by atoms with Crippen molar-refractivity contribution in [1.29, 1.82) is 0 Å². The maximum absolute atomic E-state index is 12.0. The first-order valence-corrected chi connectivity index (χ1v) is 18.2. The molecule has 0 aromatic heterocycles. The molecular weight excluding hydrogens is 528 g/mol. The third-order valence-electron chi connectivity index (χ3n) is 8.00. The van der Waals surface area contributed by atoms with Gasteiger partial charge in [0.25, 0.3) is 0 Å².